The van der Waals surface area contributed by atoms with Gasteiger partial charge in [0.25, 0.3) is 5.91 Å². The van der Waals surface area contributed by atoms with Gasteiger partial charge in [-0.2, -0.15) is 0 Å². The van der Waals surface area contributed by atoms with Crippen LogP contribution in [0.2, 0.25) is 5.02 Å². The van der Waals surface area contributed by atoms with Crippen molar-refractivity contribution in [3.63, 3.8) is 0 Å². The molecule has 2 aromatic carbocycles. The number of hydrogen-bond acceptors (Lipinski definition) is 2. The molecule has 0 saturated carbocycles. The maximum absolute atomic E-state index is 13.8. The van der Waals surface area contributed by atoms with E-state index in [1.165, 1.54) is 19.2 Å². The van der Waals surface area contributed by atoms with Gasteiger partial charge in [-0.1, -0.05) is 17.7 Å². The number of ether oxygens (including phenoxy) is 1. The van der Waals surface area contributed by atoms with E-state index in [0.717, 1.165) is 11.6 Å². The third-order valence-corrected chi connectivity index (χ3v) is 3.11. The molecule has 20 heavy (non-hydrogen) atoms. The van der Waals surface area contributed by atoms with E-state index in [2.05, 4.69) is 5.32 Å². The molecule has 104 valence electrons. The van der Waals surface area contributed by atoms with E-state index >= 15 is 0 Å². The second kappa shape index (κ2) is 5.92. The fourth-order valence-electron chi connectivity index (χ4n) is 1.72. The number of carbonyl (C=O) groups excluding carboxylic acids is 1. The van der Waals surface area contributed by atoms with Crippen molar-refractivity contribution in [1.82, 2.24) is 0 Å². The number of amides is 1. The van der Waals surface area contributed by atoms with Gasteiger partial charge in [0, 0.05) is 6.07 Å². The number of methoxy groups -OCH3 is 1. The van der Waals surface area contributed by atoms with Crippen molar-refractivity contribution in [3.8, 4) is 5.75 Å². The summed E-state index contributed by atoms with van der Waals surface area (Å²) in [4.78, 5) is 12.0. The molecule has 0 aromatic heterocycles. The molecule has 0 saturated heterocycles. The summed E-state index contributed by atoms with van der Waals surface area (Å²) in [6.45, 7) is 1.89. The quantitative estimate of drug-likeness (QED) is 0.927. The number of aryl methyl sites for hydroxylation is 1. The van der Waals surface area contributed by atoms with Crippen LogP contribution < -0.4 is 10.1 Å². The summed E-state index contributed by atoms with van der Waals surface area (Å²) in [6.07, 6.45) is 0. The Bertz CT molecular complexity index is 658. The maximum Gasteiger partial charge on any atom is 0.258 e. The lowest BCUT2D eigenvalue weighted by Crippen LogP contribution is -2.14. The van der Waals surface area contributed by atoms with E-state index in [4.69, 9.17) is 16.3 Å². The lowest BCUT2D eigenvalue weighted by molar-refractivity contribution is 0.102. The second-order valence-corrected chi connectivity index (χ2v) is 4.69. The number of nitrogens with one attached hydrogen (secondary N) is 1. The first-order valence-electron chi connectivity index (χ1n) is 5.92. The van der Waals surface area contributed by atoms with Crippen molar-refractivity contribution < 1.29 is 13.9 Å². The summed E-state index contributed by atoms with van der Waals surface area (Å²) in [7, 11) is 1.43. The molecule has 0 unspecified atom stereocenters. The minimum atomic E-state index is -0.648. The van der Waals surface area contributed by atoms with Crippen LogP contribution in [0.3, 0.4) is 0 Å². The van der Waals surface area contributed by atoms with Gasteiger partial charge < -0.3 is 10.1 Å². The Hall–Kier alpha value is -2.07. The van der Waals surface area contributed by atoms with Crippen LogP contribution in [-0.4, -0.2) is 13.0 Å². The van der Waals surface area contributed by atoms with Gasteiger partial charge in [0.2, 0.25) is 0 Å². The van der Waals surface area contributed by atoms with Crippen LogP contribution in [0.25, 0.3) is 0 Å². The summed E-state index contributed by atoms with van der Waals surface area (Å²) in [6, 6.07) is 9.26. The normalized spacial score (nSPS) is 10.2. The number of halogens is 2. The van der Waals surface area contributed by atoms with Crippen molar-refractivity contribution in [2.24, 2.45) is 0 Å². The number of hydrogen-bond donors (Lipinski definition) is 1. The Kier molecular flexibility index (Phi) is 4.25. The van der Waals surface area contributed by atoms with Gasteiger partial charge in [-0.3, -0.25) is 4.79 Å². The van der Waals surface area contributed by atoms with E-state index in [1.807, 2.05) is 13.0 Å². The lowest BCUT2D eigenvalue weighted by Gasteiger charge is -2.09. The Balaban J connectivity index is 2.24. The Morgan fingerprint density at radius 1 is 1.25 bits per heavy atom. The third-order valence-electron chi connectivity index (χ3n) is 2.79. The van der Waals surface area contributed by atoms with Crippen LogP contribution in [0.1, 0.15) is 15.9 Å². The van der Waals surface area contributed by atoms with Gasteiger partial charge >= 0.3 is 0 Å². The van der Waals surface area contributed by atoms with Crippen LogP contribution in [-0.2, 0) is 0 Å². The van der Waals surface area contributed by atoms with Crippen molar-refractivity contribution in [2.75, 3.05) is 12.4 Å². The Morgan fingerprint density at radius 3 is 2.60 bits per heavy atom. The van der Waals surface area contributed by atoms with E-state index in [1.54, 1.807) is 12.1 Å². The Labute approximate surface area is 121 Å². The molecule has 0 atom stereocenters. The van der Waals surface area contributed by atoms with Crippen LogP contribution in [0.4, 0.5) is 10.1 Å². The van der Waals surface area contributed by atoms with Crippen molar-refractivity contribution in [1.29, 1.82) is 0 Å². The number of carbonyl (C=O) groups is 1. The molecule has 0 bridgehead atoms. The SMILES string of the molecule is COc1ccc(C(=O)Nc2ccc(C)cc2Cl)c(F)c1. The molecule has 0 heterocycles. The first-order chi connectivity index (χ1) is 9.51. The molecular formula is C15H13ClFNO2. The smallest absolute Gasteiger partial charge is 0.258 e. The van der Waals surface area contributed by atoms with Crippen molar-refractivity contribution in [2.45, 2.75) is 6.92 Å². The molecule has 2 rings (SSSR count). The zero-order valence-electron chi connectivity index (χ0n) is 11.0. The molecule has 3 nitrogen and oxygen atoms in total. The fourth-order valence-corrected chi connectivity index (χ4v) is 2.00. The van der Waals surface area contributed by atoms with Crippen molar-refractivity contribution in [3.05, 3.63) is 58.4 Å². The highest BCUT2D eigenvalue weighted by Crippen LogP contribution is 2.24. The van der Waals surface area contributed by atoms with Gasteiger partial charge in [-0.05, 0) is 36.8 Å². The topological polar surface area (TPSA) is 38.3 Å². The predicted molar refractivity (Wildman–Crippen MR) is 77.1 cm³/mol. The zero-order valence-corrected chi connectivity index (χ0v) is 11.8. The third kappa shape index (κ3) is 3.08. The van der Waals surface area contributed by atoms with Crippen molar-refractivity contribution >= 4 is 23.2 Å². The molecule has 0 aliphatic heterocycles. The molecule has 0 aliphatic carbocycles. The van der Waals surface area contributed by atoms with Gasteiger partial charge in [-0.15, -0.1) is 0 Å². The molecule has 0 aliphatic rings. The molecular weight excluding hydrogens is 281 g/mol. The lowest BCUT2D eigenvalue weighted by atomic mass is 10.1. The highest BCUT2D eigenvalue weighted by atomic mass is 35.5. The summed E-state index contributed by atoms with van der Waals surface area (Å²) >= 11 is 6.02. The zero-order chi connectivity index (χ0) is 14.7. The number of benzene rings is 2. The highest BCUT2D eigenvalue weighted by Gasteiger charge is 2.14. The molecule has 0 fully saturated rings. The first kappa shape index (κ1) is 14.3. The molecule has 0 spiro atoms. The summed E-state index contributed by atoms with van der Waals surface area (Å²) < 4.78 is 18.7. The molecule has 1 N–H and O–H groups in total. The largest absolute Gasteiger partial charge is 0.497 e. The average Bonchev–Trinajstić information content (AvgIpc) is 2.41. The molecule has 0 radical (unpaired) electrons. The van der Waals surface area contributed by atoms with Crippen LogP contribution in [0.5, 0.6) is 5.75 Å². The van der Waals surface area contributed by atoms with Gasteiger partial charge in [0.1, 0.15) is 11.6 Å². The summed E-state index contributed by atoms with van der Waals surface area (Å²) in [5.74, 6) is -0.853. The molecule has 5 heteroatoms. The van der Waals surface area contributed by atoms with Gasteiger partial charge in [-0.25, -0.2) is 4.39 Å². The van der Waals surface area contributed by atoms with E-state index < -0.39 is 11.7 Å². The van der Waals surface area contributed by atoms with Crippen LogP contribution in [0, 0.1) is 12.7 Å². The Morgan fingerprint density at radius 2 is 2.00 bits per heavy atom. The minimum Gasteiger partial charge on any atom is -0.497 e. The minimum absolute atomic E-state index is 0.0672. The second-order valence-electron chi connectivity index (χ2n) is 4.28. The van der Waals surface area contributed by atoms with Gasteiger partial charge in [0.05, 0.1) is 23.4 Å². The first-order valence-corrected chi connectivity index (χ1v) is 6.30. The number of rotatable bonds is 3. The number of anilines is 1. The van der Waals surface area contributed by atoms with Gasteiger partial charge in [0.15, 0.2) is 0 Å². The molecule has 2 aromatic rings. The van der Waals surface area contributed by atoms with E-state index in [0.29, 0.717) is 16.5 Å². The average molecular weight is 294 g/mol. The summed E-state index contributed by atoms with van der Waals surface area (Å²) in [5.41, 5.74) is 1.35. The van der Waals surface area contributed by atoms with E-state index in [-0.39, 0.29) is 5.56 Å². The predicted octanol–water partition coefficient (Wildman–Crippen LogP) is 4.05. The highest BCUT2D eigenvalue weighted by molar-refractivity contribution is 6.34. The van der Waals surface area contributed by atoms with Crippen LogP contribution >= 0.6 is 11.6 Å². The standard InChI is InChI=1S/C15H13ClFNO2/c1-9-3-6-14(12(16)7-9)18-15(19)11-5-4-10(20-2)8-13(11)17/h3-8H,1-2H3,(H,18,19). The maximum atomic E-state index is 13.8. The monoisotopic (exact) mass is 293 g/mol. The fraction of sp³-hybridized carbons (Fsp3) is 0.133. The van der Waals surface area contributed by atoms with E-state index in [9.17, 15) is 9.18 Å². The summed E-state index contributed by atoms with van der Waals surface area (Å²) in [5, 5.41) is 2.99. The van der Waals surface area contributed by atoms with Crippen LogP contribution in [0.15, 0.2) is 36.4 Å². The molecule has 1 amide bonds.